The molecule has 8 rings (SSSR count). The van der Waals surface area contributed by atoms with Crippen molar-refractivity contribution in [1.29, 1.82) is 0 Å². The number of carbonyl (C=O) groups excluding carboxylic acids is 2. The fourth-order valence-electron chi connectivity index (χ4n) is 5.72. The van der Waals surface area contributed by atoms with E-state index >= 15 is 0 Å². The summed E-state index contributed by atoms with van der Waals surface area (Å²) >= 11 is 1.63. The minimum atomic E-state index is -4.85. The lowest BCUT2D eigenvalue weighted by Gasteiger charge is -2.15. The molecular formula is C52H41F15IN3O9. The first-order chi connectivity index (χ1) is 37.5. The van der Waals surface area contributed by atoms with E-state index < -0.39 is 78.1 Å². The second-order valence-electron chi connectivity index (χ2n) is 15.2. The summed E-state index contributed by atoms with van der Waals surface area (Å²) in [4.78, 5) is 30.9. The van der Waals surface area contributed by atoms with Gasteiger partial charge < -0.3 is 31.6 Å². The van der Waals surface area contributed by atoms with Gasteiger partial charge in [-0.3, -0.25) is 24.6 Å². The van der Waals surface area contributed by atoms with Gasteiger partial charge in [-0.1, -0.05) is 60.7 Å². The number of alkyl halides is 15. The molecule has 80 heavy (non-hydrogen) atoms. The standard InChI is InChI=1S/2C14H12F3NO.C7H5F3INO.C6H5F3O2.C6H3F3O2.C5H4O2/c2*1-10(11-6-3-2-4-7-11)18-13(14(15,16)17)12-8-5-9-19-12;8-7(9,10)6(12-4-11)5-2-1-3-13-5;2*7-6(8,9)5(10)4-2-1-3-11-4;6-4-5-2-1-3-7-5/h2-9,13H,1H3;2-10H,1H3;1-4,6H;1-3,5,10H;1-3H;1-4H/t13-;10-;6-;;;/m010.../s1. The van der Waals surface area contributed by atoms with E-state index in [-0.39, 0.29) is 17.3 Å². The number of aliphatic hydroxyl groups is 1. The van der Waals surface area contributed by atoms with Crippen LogP contribution in [0.15, 0.2) is 213 Å². The van der Waals surface area contributed by atoms with Crippen molar-refractivity contribution >= 4 is 50.3 Å². The summed E-state index contributed by atoms with van der Waals surface area (Å²) < 4.78 is 213. The second-order valence-corrected chi connectivity index (χ2v) is 15.7. The van der Waals surface area contributed by atoms with E-state index in [1.54, 1.807) is 109 Å². The summed E-state index contributed by atoms with van der Waals surface area (Å²) in [6.45, 7) is 3.17. The molecule has 1 unspecified atom stereocenters. The normalized spacial score (nSPS) is 13.7. The topological polar surface area (TPSA) is 170 Å². The van der Waals surface area contributed by atoms with Crippen molar-refractivity contribution in [2.45, 2.75) is 69.0 Å². The van der Waals surface area contributed by atoms with E-state index in [9.17, 15) is 75.4 Å². The molecule has 6 aromatic heterocycles. The Balaban J connectivity index is 0.000000259. The number of halogens is 16. The number of ketones is 1. The molecule has 0 aliphatic heterocycles. The van der Waals surface area contributed by atoms with Crippen molar-refractivity contribution in [3.05, 3.63) is 217 Å². The minimum Gasteiger partial charge on any atom is -0.467 e. The van der Waals surface area contributed by atoms with Crippen molar-refractivity contribution in [2.75, 3.05) is 0 Å². The third-order valence-corrected chi connectivity index (χ3v) is 9.70. The number of aliphatic hydroxyl groups excluding tert-OH is 1. The Morgan fingerprint density at radius 3 is 1.32 bits per heavy atom. The summed E-state index contributed by atoms with van der Waals surface area (Å²) in [5, 5.41) is 8.53. The number of furan rings is 6. The van der Waals surface area contributed by atoms with Crippen LogP contribution >= 0.6 is 22.6 Å². The van der Waals surface area contributed by atoms with E-state index in [0.29, 0.717) is 23.3 Å². The number of aliphatic imine (C=N–C) groups is 3. The zero-order valence-electron chi connectivity index (χ0n) is 40.7. The highest BCUT2D eigenvalue weighted by molar-refractivity contribution is 14.1. The van der Waals surface area contributed by atoms with Crippen molar-refractivity contribution < 1.29 is 107 Å². The number of hydrogen-bond acceptors (Lipinski definition) is 12. The number of carbonyl (C=O) groups is 2. The average Bonchev–Trinajstić information content (AvgIpc) is 4.27. The Hall–Kier alpha value is -7.89. The number of rotatable bonds is 11. The average molecular weight is 1260 g/mol. The SMILES string of the molecule is CC(=N[C@@H](c1ccco1)C(F)(F)F)c1ccccc1.C[C@@H](N=C(c1ccco1)C(F)(F)F)c1ccccc1.FC(F)(F)[C@@H](N=CI)c1ccco1.O=C(c1ccco1)C(F)(F)F.O=Cc1ccco1.OC(c1ccco1)C(F)(F)F. The number of benzene rings is 2. The molecule has 12 nitrogen and oxygen atoms in total. The molecule has 0 aliphatic rings. The maximum absolute atomic E-state index is 13.0. The molecule has 0 spiro atoms. The Morgan fingerprint density at radius 1 is 0.512 bits per heavy atom. The molecule has 0 fully saturated rings. The smallest absolute Gasteiger partial charge is 0.458 e. The van der Waals surface area contributed by atoms with Crippen LogP contribution in [0.2, 0.25) is 0 Å². The first-order valence-electron chi connectivity index (χ1n) is 22.1. The molecule has 2 aromatic carbocycles. The van der Waals surface area contributed by atoms with Crippen LogP contribution in [-0.4, -0.2) is 63.7 Å². The lowest BCUT2D eigenvalue weighted by molar-refractivity contribution is -0.211. The zero-order valence-corrected chi connectivity index (χ0v) is 42.9. The van der Waals surface area contributed by atoms with Gasteiger partial charge in [-0.15, -0.1) is 0 Å². The van der Waals surface area contributed by atoms with Gasteiger partial charge in [0.2, 0.25) is 18.2 Å². The summed E-state index contributed by atoms with van der Waals surface area (Å²) in [5.74, 6) is -3.42. The number of hydrogen-bond donors (Lipinski definition) is 1. The van der Waals surface area contributed by atoms with Gasteiger partial charge >= 0.3 is 36.7 Å². The van der Waals surface area contributed by atoms with Gasteiger partial charge in [0.1, 0.15) is 17.3 Å². The van der Waals surface area contributed by atoms with E-state index in [0.717, 1.165) is 34.4 Å². The van der Waals surface area contributed by atoms with Gasteiger partial charge in [-0.05, 0) is 120 Å². The van der Waals surface area contributed by atoms with Crippen molar-refractivity contribution in [3.8, 4) is 0 Å². The van der Waals surface area contributed by atoms with Gasteiger partial charge in [0.05, 0.1) is 47.8 Å². The van der Waals surface area contributed by atoms with Crippen LogP contribution < -0.4 is 0 Å². The molecule has 430 valence electrons. The highest BCUT2D eigenvalue weighted by atomic mass is 127. The summed E-state index contributed by atoms with van der Waals surface area (Å²) in [5.41, 5.74) is 0.701. The minimum absolute atomic E-state index is 0.194. The molecule has 0 bridgehead atoms. The fraction of sp³-hybridized carbons (Fsp3) is 0.212. The summed E-state index contributed by atoms with van der Waals surface area (Å²) in [7, 11) is 0. The van der Waals surface area contributed by atoms with E-state index in [1.807, 2.05) is 0 Å². The fourth-order valence-corrected chi connectivity index (χ4v) is 6.04. The molecule has 0 aliphatic carbocycles. The zero-order chi connectivity index (χ0) is 59.7. The monoisotopic (exact) mass is 1260 g/mol. The van der Waals surface area contributed by atoms with Crippen LogP contribution in [0, 0.1) is 0 Å². The lowest BCUT2D eigenvalue weighted by Crippen LogP contribution is -2.24. The van der Waals surface area contributed by atoms with Crippen LogP contribution in [-0.2, 0) is 0 Å². The van der Waals surface area contributed by atoms with Crippen LogP contribution in [0.3, 0.4) is 0 Å². The van der Waals surface area contributed by atoms with Gasteiger partial charge in [0.25, 0.3) is 0 Å². The van der Waals surface area contributed by atoms with Crippen molar-refractivity contribution in [3.63, 3.8) is 0 Å². The van der Waals surface area contributed by atoms with Gasteiger partial charge in [-0.25, -0.2) is 0 Å². The summed E-state index contributed by atoms with van der Waals surface area (Å²) in [6.07, 6.45) is -17.6. The second kappa shape index (κ2) is 31.0. The molecule has 8 aromatic rings. The van der Waals surface area contributed by atoms with Crippen LogP contribution in [0.4, 0.5) is 65.9 Å². The molecule has 4 atom stereocenters. The Bertz CT molecular complexity index is 3010. The highest BCUT2D eigenvalue weighted by Gasteiger charge is 2.45. The maximum atomic E-state index is 13.0. The predicted octanol–water partition coefficient (Wildman–Crippen LogP) is 17.1. The number of aldehydes is 1. The molecule has 6 heterocycles. The van der Waals surface area contributed by atoms with Gasteiger partial charge in [0.15, 0.2) is 29.3 Å². The van der Waals surface area contributed by atoms with Crippen LogP contribution in [0.5, 0.6) is 0 Å². The number of nitrogens with zero attached hydrogens (tertiary/aromatic N) is 3. The van der Waals surface area contributed by atoms with Crippen molar-refractivity contribution in [2.24, 2.45) is 15.0 Å². The van der Waals surface area contributed by atoms with Crippen LogP contribution in [0.25, 0.3) is 0 Å². The molecule has 0 radical (unpaired) electrons. The molecule has 0 saturated heterocycles. The third kappa shape index (κ3) is 22.8. The largest absolute Gasteiger partial charge is 0.467 e. The van der Waals surface area contributed by atoms with Crippen molar-refractivity contribution in [1.82, 2.24) is 0 Å². The van der Waals surface area contributed by atoms with E-state index in [4.69, 9.17) is 13.9 Å². The molecule has 28 heteroatoms. The maximum Gasteiger partial charge on any atom is 0.458 e. The van der Waals surface area contributed by atoms with Gasteiger partial charge in [-0.2, -0.15) is 65.9 Å². The first-order valence-corrected chi connectivity index (χ1v) is 23.3. The Morgan fingerprint density at radius 2 is 0.950 bits per heavy atom. The molecule has 0 saturated carbocycles. The Labute approximate surface area is 456 Å². The first kappa shape index (κ1) is 66.4. The quantitative estimate of drug-likeness (QED) is 0.0435. The predicted molar refractivity (Wildman–Crippen MR) is 265 cm³/mol. The molecule has 1 N–H and O–H groups in total. The number of Topliss-reactive ketones (excluding diaryl/α,β-unsaturated/α-hetero) is 1. The third-order valence-electron chi connectivity index (χ3n) is 9.38. The Kier molecular flexibility index (Phi) is 25.8. The molecule has 0 amide bonds. The highest BCUT2D eigenvalue weighted by Crippen LogP contribution is 2.38. The van der Waals surface area contributed by atoms with Gasteiger partial charge in [0, 0.05) is 5.71 Å². The van der Waals surface area contributed by atoms with E-state index in [1.165, 1.54) is 73.6 Å². The summed E-state index contributed by atoms with van der Waals surface area (Å²) in [6, 6.07) is 28.9. The van der Waals surface area contributed by atoms with Crippen LogP contribution in [0.1, 0.15) is 93.4 Å². The van der Waals surface area contributed by atoms with E-state index in [2.05, 4.69) is 32.6 Å². The molecular weight excluding hydrogens is 1220 g/mol. The lowest BCUT2D eigenvalue weighted by atomic mass is 10.1.